The maximum atomic E-state index is 5.16. The number of para-hydroxylation sites is 1. The molecule has 0 saturated heterocycles. The van der Waals surface area contributed by atoms with E-state index in [0.29, 0.717) is 0 Å². The van der Waals surface area contributed by atoms with E-state index in [1.807, 2.05) is 6.92 Å². The van der Waals surface area contributed by atoms with Gasteiger partial charge in [-0.25, -0.2) is 4.98 Å². The van der Waals surface area contributed by atoms with Crippen molar-refractivity contribution in [3.63, 3.8) is 0 Å². The molecule has 0 aliphatic heterocycles. The summed E-state index contributed by atoms with van der Waals surface area (Å²) in [6.07, 6.45) is 0. The van der Waals surface area contributed by atoms with Crippen LogP contribution in [0.4, 0.5) is 5.69 Å². The molecule has 5 rings (SSSR count). The van der Waals surface area contributed by atoms with Crippen molar-refractivity contribution < 1.29 is 13.1 Å². The summed E-state index contributed by atoms with van der Waals surface area (Å²) in [6.45, 7) is 4.13. The molecule has 0 N–H and O–H groups in total. The van der Waals surface area contributed by atoms with Crippen LogP contribution in [0, 0.1) is 6.92 Å². The Labute approximate surface area is 228 Å². The molecule has 4 aromatic carbocycles. The second-order valence-corrected chi connectivity index (χ2v) is 12.5. The van der Waals surface area contributed by atoms with Crippen molar-refractivity contribution in [1.29, 1.82) is 0 Å². The zero-order chi connectivity index (χ0) is 25.3. The second kappa shape index (κ2) is 13.2. The van der Waals surface area contributed by atoms with Crippen LogP contribution < -0.4 is 15.9 Å². The molecule has 0 atom stereocenters. The van der Waals surface area contributed by atoms with Gasteiger partial charge in [0.2, 0.25) is 0 Å². The first-order valence-corrected chi connectivity index (χ1v) is 16.0. The van der Waals surface area contributed by atoms with Crippen LogP contribution >= 0.6 is 28.1 Å². The molecule has 0 fully saturated rings. The van der Waals surface area contributed by atoms with E-state index in [9.17, 15) is 0 Å². The molecule has 0 spiro atoms. The van der Waals surface area contributed by atoms with E-state index in [0.717, 1.165) is 28.0 Å². The Kier molecular flexibility index (Phi) is 9.70. The van der Waals surface area contributed by atoms with Crippen LogP contribution in [0.2, 0.25) is 0 Å². The third kappa shape index (κ3) is 6.62. The Balaban J connectivity index is 0.000000967. The van der Waals surface area contributed by atoms with Crippen LogP contribution in [0.15, 0.2) is 120 Å². The maximum absolute atomic E-state index is 5.16. The van der Waals surface area contributed by atoms with E-state index in [1.54, 1.807) is 0 Å². The fourth-order valence-corrected chi connectivity index (χ4v) is 6.81. The van der Waals surface area contributed by atoms with Gasteiger partial charge >= 0.3 is 33.3 Å². The van der Waals surface area contributed by atoms with E-state index >= 15 is 0 Å². The number of hydrogen-bond donors (Lipinski definition) is 0. The average molecular weight is 572 g/mol. The van der Waals surface area contributed by atoms with Crippen LogP contribution in [-0.4, -0.2) is 10.7 Å². The van der Waals surface area contributed by atoms with Gasteiger partial charge < -0.3 is 0 Å². The average Bonchev–Trinajstić information content (AvgIpc) is 2.92. The number of aryl methyl sites for hydroxylation is 1. The zero-order valence-corrected chi connectivity index (χ0v) is 23.6. The quantitative estimate of drug-likeness (QED) is 0.121. The summed E-state index contributed by atoms with van der Waals surface area (Å²) >= 11 is 0.194. The van der Waals surface area contributed by atoms with Crippen molar-refractivity contribution in [2.75, 3.05) is 0 Å². The summed E-state index contributed by atoms with van der Waals surface area (Å²) in [5.41, 5.74) is 5.08. The van der Waals surface area contributed by atoms with Crippen LogP contribution in [0.5, 0.6) is 0 Å². The SMILES string of the molecule is CC(=Nc1ccc(C)cc1)c1ccc2cccc([PH+](c3ccccc3)c3ccccc3)c2n1.[Cl][Fe][Cl]. The molecular formula is C30H26Cl2FeN2P+. The molecule has 2 nitrogen and oxygen atoms in total. The molecule has 0 unspecified atom stereocenters. The van der Waals surface area contributed by atoms with Gasteiger partial charge in [0.05, 0.1) is 17.1 Å². The second-order valence-electron chi connectivity index (χ2n) is 8.26. The van der Waals surface area contributed by atoms with Crippen molar-refractivity contribution >= 4 is 66.3 Å². The summed E-state index contributed by atoms with van der Waals surface area (Å²) in [7, 11) is 8.32. The van der Waals surface area contributed by atoms with Gasteiger partial charge in [0, 0.05) is 5.39 Å². The van der Waals surface area contributed by atoms with Crippen LogP contribution in [0.1, 0.15) is 18.2 Å². The van der Waals surface area contributed by atoms with Gasteiger partial charge in [0.1, 0.15) is 29.4 Å². The van der Waals surface area contributed by atoms with Gasteiger partial charge in [-0.05, 0) is 62.4 Å². The van der Waals surface area contributed by atoms with E-state index in [1.165, 1.54) is 21.5 Å². The Morgan fingerprint density at radius 2 is 1.31 bits per heavy atom. The first kappa shape index (κ1) is 26.5. The predicted molar refractivity (Wildman–Crippen MR) is 157 cm³/mol. The van der Waals surface area contributed by atoms with E-state index in [2.05, 4.69) is 122 Å². The van der Waals surface area contributed by atoms with Crippen LogP contribution in [0.3, 0.4) is 0 Å². The Morgan fingerprint density at radius 1 is 0.722 bits per heavy atom. The first-order valence-electron chi connectivity index (χ1n) is 11.5. The number of rotatable bonds is 5. The van der Waals surface area contributed by atoms with Crippen molar-refractivity contribution in [1.82, 2.24) is 4.98 Å². The molecule has 1 heterocycles. The summed E-state index contributed by atoms with van der Waals surface area (Å²) in [5, 5.41) is 5.19. The van der Waals surface area contributed by atoms with Gasteiger partial charge in [-0.3, -0.25) is 4.99 Å². The monoisotopic (exact) mass is 571 g/mol. The van der Waals surface area contributed by atoms with Gasteiger partial charge in [0.25, 0.3) is 0 Å². The molecule has 0 aliphatic rings. The van der Waals surface area contributed by atoms with E-state index < -0.39 is 7.92 Å². The normalized spacial score (nSPS) is 11.4. The molecule has 0 radical (unpaired) electrons. The number of halogens is 2. The van der Waals surface area contributed by atoms with Crippen molar-refractivity contribution in [2.45, 2.75) is 13.8 Å². The number of aliphatic imine (C=N–C) groups is 1. The fraction of sp³-hybridized carbons (Fsp3) is 0.0667. The van der Waals surface area contributed by atoms with Gasteiger partial charge in [0.15, 0.2) is 0 Å². The number of aromatic nitrogens is 1. The van der Waals surface area contributed by atoms with Crippen LogP contribution in [0.25, 0.3) is 10.9 Å². The molecule has 182 valence electrons. The fourth-order valence-electron chi connectivity index (χ4n) is 4.11. The van der Waals surface area contributed by atoms with E-state index in [-0.39, 0.29) is 13.1 Å². The molecule has 0 aliphatic carbocycles. The number of nitrogens with zero attached hydrogens (tertiary/aromatic N) is 2. The summed E-state index contributed by atoms with van der Waals surface area (Å²) in [5.74, 6) is 0. The van der Waals surface area contributed by atoms with Gasteiger partial charge in [-0.2, -0.15) is 0 Å². The molecule has 6 heteroatoms. The minimum atomic E-state index is -1.21. The number of benzene rings is 4. The summed E-state index contributed by atoms with van der Waals surface area (Å²) in [4.78, 5) is 9.99. The standard InChI is InChI=1S/C30H25N2P.2ClH.Fe/c1-22-16-19-25(20-17-22)31-23(2)28-21-18-24-10-9-15-29(30(24)32-28)33(26-11-5-3-6-12-26)27-13-7-4-8-14-27;;;/h3-21H,1-2H3;2*1H;/q;;;+2/p-1. The Bertz CT molecular complexity index is 1400. The van der Waals surface area contributed by atoms with Gasteiger partial charge in [-0.15, -0.1) is 0 Å². The van der Waals surface area contributed by atoms with Crippen LogP contribution in [-0.2, 0) is 13.1 Å². The number of hydrogen-bond acceptors (Lipinski definition) is 2. The molecule has 36 heavy (non-hydrogen) atoms. The van der Waals surface area contributed by atoms with E-state index in [4.69, 9.17) is 30.2 Å². The molecule has 0 amide bonds. The predicted octanol–water partition coefficient (Wildman–Crippen LogP) is 7.55. The van der Waals surface area contributed by atoms with Gasteiger partial charge in [-0.1, -0.05) is 72.3 Å². The van der Waals surface area contributed by atoms with Crippen molar-refractivity contribution in [2.24, 2.45) is 4.99 Å². The Hall–Kier alpha value is -2.51. The molecular weight excluding hydrogens is 546 g/mol. The number of pyridine rings is 1. The Morgan fingerprint density at radius 3 is 1.89 bits per heavy atom. The first-order chi connectivity index (χ1) is 17.6. The summed E-state index contributed by atoms with van der Waals surface area (Å²) < 4.78 is 0. The topological polar surface area (TPSA) is 25.2 Å². The summed E-state index contributed by atoms with van der Waals surface area (Å²) in [6, 6.07) is 40.8. The zero-order valence-electron chi connectivity index (χ0n) is 20.0. The molecule has 5 aromatic rings. The molecule has 1 aromatic heterocycles. The van der Waals surface area contributed by atoms with Crippen molar-refractivity contribution in [3.05, 3.63) is 127 Å². The minimum absolute atomic E-state index is 0.194. The molecule has 0 saturated carbocycles. The van der Waals surface area contributed by atoms with Crippen molar-refractivity contribution in [3.8, 4) is 0 Å². The number of fused-ring (bicyclic) bond motifs is 1. The molecule has 0 bridgehead atoms. The third-order valence-electron chi connectivity index (χ3n) is 5.82. The third-order valence-corrected chi connectivity index (χ3v) is 8.58.